The summed E-state index contributed by atoms with van der Waals surface area (Å²) in [5.74, 6) is 1.34. The van der Waals surface area contributed by atoms with E-state index in [9.17, 15) is 4.79 Å². The molecule has 1 atom stereocenters. The highest BCUT2D eigenvalue weighted by molar-refractivity contribution is 5.86. The second-order valence-electron chi connectivity index (χ2n) is 5.99. The molecule has 1 aliphatic rings. The molecule has 0 aliphatic carbocycles. The molecule has 2 aromatic carbocycles. The predicted octanol–water partition coefficient (Wildman–Crippen LogP) is 3.02. The van der Waals surface area contributed by atoms with Gasteiger partial charge in [-0.2, -0.15) is 0 Å². The van der Waals surface area contributed by atoms with Gasteiger partial charge in [0.2, 0.25) is 5.91 Å². The fourth-order valence-electron chi connectivity index (χ4n) is 2.92. The van der Waals surface area contributed by atoms with Gasteiger partial charge in [0.15, 0.2) is 17.1 Å². The third-order valence-corrected chi connectivity index (χ3v) is 4.22. The Balaban J connectivity index is 1.45. The van der Waals surface area contributed by atoms with Gasteiger partial charge in [0, 0.05) is 5.39 Å². The van der Waals surface area contributed by atoms with E-state index in [1.807, 2.05) is 49.4 Å². The first-order valence-corrected chi connectivity index (χ1v) is 8.23. The number of carbonyl (C=O) groups excluding carboxylic acids is 1. The van der Waals surface area contributed by atoms with Gasteiger partial charge in [-0.15, -0.1) is 0 Å². The minimum absolute atomic E-state index is 0.110. The van der Waals surface area contributed by atoms with Crippen molar-refractivity contribution in [2.45, 2.75) is 19.4 Å². The van der Waals surface area contributed by atoms with Gasteiger partial charge in [-0.05, 0) is 36.8 Å². The molecule has 4 rings (SSSR count). The zero-order valence-electron chi connectivity index (χ0n) is 13.8. The van der Waals surface area contributed by atoms with Crippen molar-refractivity contribution in [3.63, 3.8) is 0 Å². The molecule has 1 aliphatic heterocycles. The summed E-state index contributed by atoms with van der Waals surface area (Å²) >= 11 is 0. The lowest BCUT2D eigenvalue weighted by Crippen LogP contribution is -2.28. The lowest BCUT2D eigenvalue weighted by Gasteiger charge is -2.21. The molecule has 6 heteroatoms. The van der Waals surface area contributed by atoms with Crippen LogP contribution in [0.2, 0.25) is 0 Å². The first kappa shape index (κ1) is 15.5. The van der Waals surface area contributed by atoms with Crippen LogP contribution in [0.25, 0.3) is 11.0 Å². The molecule has 1 N–H and O–H groups in total. The van der Waals surface area contributed by atoms with Crippen molar-refractivity contribution in [1.29, 1.82) is 0 Å². The standard InChI is InChI=1S/C19H18N2O4/c1-12(13-6-7-17-18(10-13)24-9-8-23-17)20-19(22)11-15-14-4-2-3-5-16(14)25-21-15/h2-7,10,12H,8-9,11H2,1H3,(H,20,22). The van der Waals surface area contributed by atoms with Crippen LogP contribution in [0, 0.1) is 0 Å². The van der Waals surface area contributed by atoms with Gasteiger partial charge in [0.1, 0.15) is 18.9 Å². The van der Waals surface area contributed by atoms with Gasteiger partial charge in [-0.1, -0.05) is 23.4 Å². The second-order valence-corrected chi connectivity index (χ2v) is 5.99. The van der Waals surface area contributed by atoms with Crippen LogP contribution in [-0.2, 0) is 11.2 Å². The number of benzene rings is 2. The van der Waals surface area contributed by atoms with Crippen molar-refractivity contribution >= 4 is 16.9 Å². The monoisotopic (exact) mass is 338 g/mol. The molecular formula is C19H18N2O4. The van der Waals surface area contributed by atoms with E-state index in [2.05, 4.69) is 10.5 Å². The minimum Gasteiger partial charge on any atom is -0.486 e. The molecule has 3 aromatic rings. The molecule has 6 nitrogen and oxygen atoms in total. The summed E-state index contributed by atoms with van der Waals surface area (Å²) in [5.41, 5.74) is 2.29. The number of para-hydroxylation sites is 1. The average Bonchev–Trinajstić information content (AvgIpc) is 3.04. The van der Waals surface area contributed by atoms with E-state index in [1.165, 1.54) is 0 Å². The molecule has 128 valence electrons. The summed E-state index contributed by atoms with van der Waals surface area (Å²) in [6.45, 7) is 3.03. The SMILES string of the molecule is CC(NC(=O)Cc1noc2ccccc12)c1ccc2c(c1)OCCO2. The molecule has 0 fully saturated rings. The van der Waals surface area contributed by atoms with E-state index < -0.39 is 0 Å². The number of hydrogen-bond donors (Lipinski definition) is 1. The van der Waals surface area contributed by atoms with Crippen LogP contribution in [0.3, 0.4) is 0 Å². The van der Waals surface area contributed by atoms with Crippen LogP contribution in [0.15, 0.2) is 47.0 Å². The third kappa shape index (κ3) is 3.15. The van der Waals surface area contributed by atoms with Crippen molar-refractivity contribution in [3.8, 4) is 11.5 Å². The van der Waals surface area contributed by atoms with E-state index >= 15 is 0 Å². The Morgan fingerprint density at radius 1 is 1.16 bits per heavy atom. The van der Waals surface area contributed by atoms with E-state index in [0.29, 0.717) is 30.2 Å². The summed E-state index contributed by atoms with van der Waals surface area (Å²) in [6.07, 6.45) is 0.173. The van der Waals surface area contributed by atoms with Crippen LogP contribution in [0.5, 0.6) is 11.5 Å². The van der Waals surface area contributed by atoms with Gasteiger partial charge in [0.05, 0.1) is 12.5 Å². The molecule has 1 aromatic heterocycles. The fourth-order valence-corrected chi connectivity index (χ4v) is 2.92. The molecule has 1 unspecified atom stereocenters. The van der Waals surface area contributed by atoms with Crippen molar-refractivity contribution < 1.29 is 18.8 Å². The number of hydrogen-bond acceptors (Lipinski definition) is 5. The van der Waals surface area contributed by atoms with Crippen LogP contribution in [0.4, 0.5) is 0 Å². The van der Waals surface area contributed by atoms with Gasteiger partial charge >= 0.3 is 0 Å². The number of ether oxygens (including phenoxy) is 2. The zero-order chi connectivity index (χ0) is 17.2. The molecule has 0 radical (unpaired) electrons. The lowest BCUT2D eigenvalue weighted by atomic mass is 10.1. The first-order chi connectivity index (χ1) is 12.2. The maximum Gasteiger partial charge on any atom is 0.226 e. The van der Waals surface area contributed by atoms with Crippen molar-refractivity contribution in [1.82, 2.24) is 10.5 Å². The molecule has 25 heavy (non-hydrogen) atoms. The summed E-state index contributed by atoms with van der Waals surface area (Å²) in [7, 11) is 0. The topological polar surface area (TPSA) is 73.6 Å². The maximum atomic E-state index is 12.4. The number of fused-ring (bicyclic) bond motifs is 2. The number of nitrogens with one attached hydrogen (secondary N) is 1. The Labute approximate surface area is 144 Å². The number of rotatable bonds is 4. The normalized spacial score (nSPS) is 14.3. The Hall–Kier alpha value is -3.02. The largest absolute Gasteiger partial charge is 0.486 e. The maximum absolute atomic E-state index is 12.4. The number of nitrogens with zero attached hydrogens (tertiary/aromatic N) is 1. The Kier molecular flexibility index (Phi) is 4.01. The van der Waals surface area contributed by atoms with E-state index in [4.69, 9.17) is 14.0 Å². The minimum atomic E-state index is -0.151. The van der Waals surface area contributed by atoms with Gasteiger partial charge in [0.25, 0.3) is 0 Å². The molecule has 0 saturated carbocycles. The number of aromatic nitrogens is 1. The van der Waals surface area contributed by atoms with Crippen LogP contribution in [0.1, 0.15) is 24.2 Å². The molecule has 1 amide bonds. The summed E-state index contributed by atoms with van der Waals surface area (Å²) < 4.78 is 16.4. The van der Waals surface area contributed by atoms with Crippen LogP contribution in [-0.4, -0.2) is 24.3 Å². The van der Waals surface area contributed by atoms with Crippen LogP contribution >= 0.6 is 0 Å². The Morgan fingerprint density at radius 3 is 2.84 bits per heavy atom. The van der Waals surface area contributed by atoms with E-state index in [1.54, 1.807) is 0 Å². The van der Waals surface area contributed by atoms with Crippen LogP contribution < -0.4 is 14.8 Å². The smallest absolute Gasteiger partial charge is 0.226 e. The lowest BCUT2D eigenvalue weighted by molar-refractivity contribution is -0.121. The highest BCUT2D eigenvalue weighted by atomic mass is 16.6. The predicted molar refractivity (Wildman–Crippen MR) is 91.7 cm³/mol. The van der Waals surface area contributed by atoms with E-state index in [0.717, 1.165) is 16.7 Å². The zero-order valence-corrected chi connectivity index (χ0v) is 13.8. The quantitative estimate of drug-likeness (QED) is 0.791. The van der Waals surface area contributed by atoms with Crippen molar-refractivity contribution in [2.24, 2.45) is 0 Å². The van der Waals surface area contributed by atoms with Gasteiger partial charge < -0.3 is 19.3 Å². The first-order valence-electron chi connectivity index (χ1n) is 8.23. The Morgan fingerprint density at radius 2 is 1.96 bits per heavy atom. The molecule has 0 spiro atoms. The Bertz CT molecular complexity index is 919. The number of amides is 1. The molecule has 2 heterocycles. The summed E-state index contributed by atoms with van der Waals surface area (Å²) in [4.78, 5) is 12.4. The molecule has 0 saturated heterocycles. The van der Waals surface area contributed by atoms with Gasteiger partial charge in [-0.3, -0.25) is 4.79 Å². The summed E-state index contributed by atoms with van der Waals surface area (Å²) in [6, 6.07) is 13.1. The highest BCUT2D eigenvalue weighted by Crippen LogP contribution is 2.32. The van der Waals surface area contributed by atoms with E-state index in [-0.39, 0.29) is 18.4 Å². The van der Waals surface area contributed by atoms with Crippen molar-refractivity contribution in [3.05, 3.63) is 53.7 Å². The third-order valence-electron chi connectivity index (χ3n) is 4.22. The summed E-state index contributed by atoms with van der Waals surface area (Å²) in [5, 5.41) is 7.86. The molecule has 0 bridgehead atoms. The average molecular weight is 338 g/mol. The van der Waals surface area contributed by atoms with Gasteiger partial charge in [-0.25, -0.2) is 0 Å². The fraction of sp³-hybridized carbons (Fsp3) is 0.263. The highest BCUT2D eigenvalue weighted by Gasteiger charge is 2.17. The molecular weight excluding hydrogens is 320 g/mol. The second kappa shape index (κ2) is 6.47. The van der Waals surface area contributed by atoms with Crippen molar-refractivity contribution in [2.75, 3.05) is 13.2 Å². The number of carbonyl (C=O) groups is 1.